The van der Waals surface area contributed by atoms with E-state index in [9.17, 15) is 26.4 Å². The summed E-state index contributed by atoms with van der Waals surface area (Å²) in [6.45, 7) is 7.69. The van der Waals surface area contributed by atoms with Gasteiger partial charge in [0.25, 0.3) is 15.9 Å². The molecule has 0 radical (unpaired) electrons. The van der Waals surface area contributed by atoms with Gasteiger partial charge in [-0.2, -0.15) is 13.2 Å². The van der Waals surface area contributed by atoms with E-state index in [1.165, 1.54) is 23.5 Å². The molecule has 1 atom stereocenters. The van der Waals surface area contributed by atoms with Crippen molar-refractivity contribution in [3.8, 4) is 5.75 Å². The fourth-order valence-corrected chi connectivity index (χ4v) is 5.55. The van der Waals surface area contributed by atoms with Gasteiger partial charge < -0.3 is 10.1 Å². The molecule has 1 heterocycles. The number of alkyl halides is 3. The molecule has 2 aromatic carbocycles. The number of sulfonamides is 1. The Bertz CT molecular complexity index is 1360. The van der Waals surface area contributed by atoms with Crippen molar-refractivity contribution in [2.75, 3.05) is 17.9 Å². The Hall–Kier alpha value is -3.19. The Morgan fingerprint density at radius 3 is 2.32 bits per heavy atom. The fourth-order valence-electron chi connectivity index (χ4n) is 3.57. The van der Waals surface area contributed by atoms with E-state index in [1.807, 2.05) is 20.8 Å². The molecule has 0 saturated heterocycles. The molecule has 1 aromatic heterocycles. The summed E-state index contributed by atoms with van der Waals surface area (Å²) in [5.41, 5.74) is -0.110. The van der Waals surface area contributed by atoms with E-state index in [0.29, 0.717) is 6.42 Å². The second kappa shape index (κ2) is 12.1. The van der Waals surface area contributed by atoms with Gasteiger partial charge in [-0.25, -0.2) is 8.42 Å². The zero-order valence-electron chi connectivity index (χ0n) is 21.3. The van der Waals surface area contributed by atoms with Crippen LogP contribution in [-0.2, 0) is 16.2 Å². The normalized spacial score (nSPS) is 12.8. The van der Waals surface area contributed by atoms with Gasteiger partial charge in [0, 0.05) is 18.4 Å². The molecule has 0 spiro atoms. The van der Waals surface area contributed by atoms with E-state index in [1.54, 1.807) is 19.1 Å². The second-order valence-corrected chi connectivity index (χ2v) is 11.4. The number of carbonyl (C=O) groups is 1. The number of anilines is 1. The molecule has 206 valence electrons. The first kappa shape index (κ1) is 29.4. The third-order valence-electron chi connectivity index (χ3n) is 5.67. The molecule has 3 aromatic rings. The number of aromatic nitrogens is 2. The van der Waals surface area contributed by atoms with Gasteiger partial charge in [0.15, 0.2) is 0 Å². The number of benzene rings is 2. The molecular weight excluding hydrogens is 541 g/mol. The van der Waals surface area contributed by atoms with Gasteiger partial charge in [-0.3, -0.25) is 9.52 Å². The molecule has 0 aliphatic carbocycles. The van der Waals surface area contributed by atoms with Crippen LogP contribution >= 0.6 is 11.3 Å². The molecule has 38 heavy (non-hydrogen) atoms. The fraction of sp³-hybridized carbons (Fsp3) is 0.400. The average molecular weight is 571 g/mol. The standard InChI is InChI=1S/C25H29F3N4O4S2/c1-5-16(14-29-22(33)20-12-9-18(25(26,27)28)13-21(20)36-6-2)17-7-10-19(11-8-17)38(34,35)32-24-31-30-23(37-24)15(3)4/h7-13,15-16H,5-6,14H2,1-4H3,(H,29,33)(H,31,32)/t16-/m1/s1. The molecule has 2 N–H and O–H groups in total. The Labute approximate surface area is 223 Å². The second-order valence-electron chi connectivity index (χ2n) is 8.73. The van der Waals surface area contributed by atoms with Crippen molar-refractivity contribution in [2.24, 2.45) is 0 Å². The highest BCUT2D eigenvalue weighted by atomic mass is 32.2. The molecule has 8 nitrogen and oxygen atoms in total. The van der Waals surface area contributed by atoms with Crippen LogP contribution in [0.3, 0.4) is 0 Å². The molecule has 0 fully saturated rings. The molecule has 13 heteroatoms. The number of ether oxygens (including phenoxy) is 1. The van der Waals surface area contributed by atoms with Crippen LogP contribution in [0.5, 0.6) is 5.75 Å². The molecule has 3 rings (SSSR count). The van der Waals surface area contributed by atoms with Crippen molar-refractivity contribution in [1.29, 1.82) is 0 Å². The largest absolute Gasteiger partial charge is 0.493 e. The lowest BCUT2D eigenvalue weighted by Crippen LogP contribution is -2.29. The number of halogens is 3. The quantitative estimate of drug-likeness (QED) is 0.301. The number of nitrogens with zero attached hydrogens (tertiary/aromatic N) is 2. The van der Waals surface area contributed by atoms with Crippen LogP contribution in [0.2, 0.25) is 0 Å². The number of hydrogen-bond acceptors (Lipinski definition) is 7. The Morgan fingerprint density at radius 2 is 1.76 bits per heavy atom. The highest BCUT2D eigenvalue weighted by Crippen LogP contribution is 2.33. The van der Waals surface area contributed by atoms with E-state index in [-0.39, 0.29) is 46.3 Å². The lowest BCUT2D eigenvalue weighted by Gasteiger charge is -2.18. The van der Waals surface area contributed by atoms with Crippen molar-refractivity contribution in [1.82, 2.24) is 15.5 Å². The van der Waals surface area contributed by atoms with Crippen molar-refractivity contribution >= 4 is 32.4 Å². The highest BCUT2D eigenvalue weighted by molar-refractivity contribution is 7.93. The van der Waals surface area contributed by atoms with Crippen LogP contribution in [-0.4, -0.2) is 37.7 Å². The molecule has 0 unspecified atom stereocenters. The van der Waals surface area contributed by atoms with Gasteiger partial charge in [0.05, 0.1) is 22.6 Å². The molecule has 0 aliphatic heterocycles. The SMILES string of the molecule is CCOc1cc(C(F)(F)F)ccc1C(=O)NC[C@@H](CC)c1ccc(S(=O)(=O)Nc2nnc(C(C)C)s2)cc1. The van der Waals surface area contributed by atoms with Crippen LogP contribution < -0.4 is 14.8 Å². The Kier molecular flexibility index (Phi) is 9.36. The summed E-state index contributed by atoms with van der Waals surface area (Å²) >= 11 is 1.17. The van der Waals surface area contributed by atoms with E-state index in [2.05, 4.69) is 20.2 Å². The van der Waals surface area contributed by atoms with Crippen LogP contribution in [0.4, 0.5) is 18.3 Å². The van der Waals surface area contributed by atoms with Crippen LogP contribution in [0.25, 0.3) is 0 Å². The number of rotatable bonds is 11. The number of nitrogens with one attached hydrogen (secondary N) is 2. The van der Waals surface area contributed by atoms with Crippen LogP contribution in [0.1, 0.15) is 72.4 Å². The molecule has 0 bridgehead atoms. The first-order valence-electron chi connectivity index (χ1n) is 11.9. The van der Waals surface area contributed by atoms with Crippen LogP contribution in [0, 0.1) is 0 Å². The number of hydrogen-bond donors (Lipinski definition) is 2. The highest BCUT2D eigenvalue weighted by Gasteiger charge is 2.32. The van der Waals surface area contributed by atoms with Crippen molar-refractivity contribution in [2.45, 2.75) is 57.0 Å². The van der Waals surface area contributed by atoms with Gasteiger partial charge in [-0.05, 0) is 49.2 Å². The maximum absolute atomic E-state index is 13.1. The minimum atomic E-state index is -4.56. The summed E-state index contributed by atoms with van der Waals surface area (Å²) in [6.07, 6.45) is -3.93. The van der Waals surface area contributed by atoms with E-state index >= 15 is 0 Å². The summed E-state index contributed by atoms with van der Waals surface area (Å²) in [5, 5.41) is 11.5. The first-order valence-corrected chi connectivity index (χ1v) is 14.2. The predicted molar refractivity (Wildman–Crippen MR) is 139 cm³/mol. The minimum absolute atomic E-state index is 0.000445. The van der Waals surface area contributed by atoms with Gasteiger partial charge >= 0.3 is 6.18 Å². The third-order valence-corrected chi connectivity index (χ3v) is 8.30. The monoisotopic (exact) mass is 570 g/mol. The topological polar surface area (TPSA) is 110 Å². The molecule has 1 amide bonds. The summed E-state index contributed by atoms with van der Waals surface area (Å²) in [5.74, 6) is -0.750. The summed E-state index contributed by atoms with van der Waals surface area (Å²) in [7, 11) is -3.87. The zero-order chi connectivity index (χ0) is 28.1. The van der Waals surface area contributed by atoms with Gasteiger partial charge in [-0.1, -0.05) is 44.2 Å². The van der Waals surface area contributed by atoms with Crippen molar-refractivity contribution in [3.63, 3.8) is 0 Å². The minimum Gasteiger partial charge on any atom is -0.493 e. The number of carbonyl (C=O) groups excluding carboxylic acids is 1. The van der Waals surface area contributed by atoms with Gasteiger partial charge in [-0.15, -0.1) is 10.2 Å². The van der Waals surface area contributed by atoms with E-state index in [4.69, 9.17) is 4.74 Å². The summed E-state index contributed by atoms with van der Waals surface area (Å²) < 4.78 is 72.4. The van der Waals surface area contributed by atoms with Crippen molar-refractivity contribution in [3.05, 3.63) is 64.2 Å². The molecule has 0 saturated carbocycles. The maximum atomic E-state index is 13.1. The van der Waals surface area contributed by atoms with Crippen molar-refractivity contribution < 1.29 is 31.1 Å². The lowest BCUT2D eigenvalue weighted by molar-refractivity contribution is -0.137. The van der Waals surface area contributed by atoms with E-state index < -0.39 is 27.7 Å². The first-order chi connectivity index (χ1) is 17.9. The zero-order valence-corrected chi connectivity index (χ0v) is 22.9. The Balaban J connectivity index is 1.70. The Morgan fingerprint density at radius 1 is 1.08 bits per heavy atom. The average Bonchev–Trinajstić information content (AvgIpc) is 3.32. The molecular formula is C25H29F3N4O4S2. The summed E-state index contributed by atoms with van der Waals surface area (Å²) in [6, 6.07) is 9.02. The van der Waals surface area contributed by atoms with Crippen LogP contribution in [0.15, 0.2) is 47.4 Å². The maximum Gasteiger partial charge on any atom is 0.416 e. The third kappa shape index (κ3) is 7.22. The van der Waals surface area contributed by atoms with E-state index in [0.717, 1.165) is 28.8 Å². The predicted octanol–water partition coefficient (Wildman–Crippen LogP) is 5.80. The lowest BCUT2D eigenvalue weighted by atomic mass is 9.96. The van der Waals surface area contributed by atoms with Gasteiger partial charge in [0.1, 0.15) is 10.8 Å². The smallest absolute Gasteiger partial charge is 0.416 e. The number of amides is 1. The molecule has 0 aliphatic rings. The van der Waals surface area contributed by atoms with Gasteiger partial charge in [0.2, 0.25) is 5.13 Å². The summed E-state index contributed by atoms with van der Waals surface area (Å²) in [4.78, 5) is 12.8.